The quantitative estimate of drug-likeness (QED) is 0.935. The molecule has 5 heteroatoms. The number of hydrogen-bond acceptors (Lipinski definition) is 3. The lowest BCUT2D eigenvalue weighted by Crippen LogP contribution is -2.25. The summed E-state index contributed by atoms with van der Waals surface area (Å²) in [6.45, 7) is 2.54. The second-order valence-electron chi connectivity index (χ2n) is 3.90. The summed E-state index contributed by atoms with van der Waals surface area (Å²) >= 11 is 7.45. The first-order valence-electron chi connectivity index (χ1n) is 5.60. The van der Waals surface area contributed by atoms with Crippen molar-refractivity contribution in [2.45, 2.75) is 13.3 Å². The van der Waals surface area contributed by atoms with Crippen LogP contribution < -0.4 is 5.32 Å². The molecule has 0 aliphatic heterocycles. The van der Waals surface area contributed by atoms with Crippen molar-refractivity contribution in [3.05, 3.63) is 50.9 Å². The second kappa shape index (κ2) is 5.98. The molecule has 1 N–H and O–H groups in total. The molecule has 0 radical (unpaired) electrons. The fourth-order valence-electron chi connectivity index (χ4n) is 1.53. The lowest BCUT2D eigenvalue weighted by Gasteiger charge is -2.04. The molecular weight excluding hydrogens is 268 g/mol. The van der Waals surface area contributed by atoms with Gasteiger partial charge in [0, 0.05) is 34.6 Å². The van der Waals surface area contributed by atoms with Crippen LogP contribution in [0.5, 0.6) is 0 Å². The predicted molar refractivity (Wildman–Crippen MR) is 74.3 cm³/mol. The molecule has 3 nitrogen and oxygen atoms in total. The average Bonchev–Trinajstić information content (AvgIpc) is 2.75. The molecule has 0 spiro atoms. The molecule has 0 fully saturated rings. The standard InChI is InChI=1S/C13H13ClN2OS/c1-9-8-18-12(16-9)5-6-15-13(17)10-3-2-4-11(14)7-10/h2-4,7-8H,5-6H2,1H3,(H,15,17). The summed E-state index contributed by atoms with van der Waals surface area (Å²) in [6, 6.07) is 6.91. The van der Waals surface area contributed by atoms with Crippen molar-refractivity contribution in [1.29, 1.82) is 0 Å². The van der Waals surface area contributed by atoms with Gasteiger partial charge in [-0.15, -0.1) is 11.3 Å². The van der Waals surface area contributed by atoms with Crippen LogP contribution in [0.3, 0.4) is 0 Å². The smallest absolute Gasteiger partial charge is 0.251 e. The van der Waals surface area contributed by atoms with E-state index in [1.807, 2.05) is 12.3 Å². The molecule has 2 rings (SSSR count). The third kappa shape index (κ3) is 3.55. The van der Waals surface area contributed by atoms with Crippen molar-refractivity contribution in [2.24, 2.45) is 0 Å². The second-order valence-corrected chi connectivity index (χ2v) is 5.28. The summed E-state index contributed by atoms with van der Waals surface area (Å²) in [5.41, 5.74) is 1.61. The summed E-state index contributed by atoms with van der Waals surface area (Å²) in [5.74, 6) is -0.106. The largest absolute Gasteiger partial charge is 0.352 e. The van der Waals surface area contributed by atoms with Crippen LogP contribution in [0.4, 0.5) is 0 Å². The molecule has 1 aromatic heterocycles. The molecule has 2 aromatic rings. The molecule has 0 aliphatic rings. The van der Waals surface area contributed by atoms with Crippen LogP contribution in [0, 0.1) is 6.92 Å². The number of hydrogen-bond donors (Lipinski definition) is 1. The number of aryl methyl sites for hydroxylation is 1. The van der Waals surface area contributed by atoms with Crippen molar-refractivity contribution in [1.82, 2.24) is 10.3 Å². The van der Waals surface area contributed by atoms with E-state index in [0.29, 0.717) is 17.1 Å². The molecule has 0 saturated heterocycles. The molecule has 1 aromatic carbocycles. The van der Waals surface area contributed by atoms with E-state index in [1.165, 1.54) is 0 Å². The van der Waals surface area contributed by atoms with E-state index in [0.717, 1.165) is 17.1 Å². The number of benzene rings is 1. The lowest BCUT2D eigenvalue weighted by molar-refractivity contribution is 0.0954. The number of rotatable bonds is 4. The number of aromatic nitrogens is 1. The molecule has 18 heavy (non-hydrogen) atoms. The van der Waals surface area contributed by atoms with Gasteiger partial charge < -0.3 is 5.32 Å². The first-order chi connectivity index (χ1) is 8.65. The highest BCUT2D eigenvalue weighted by Gasteiger charge is 2.05. The fourth-order valence-corrected chi connectivity index (χ4v) is 2.50. The molecule has 0 aliphatic carbocycles. The van der Waals surface area contributed by atoms with Crippen LogP contribution in [0.25, 0.3) is 0 Å². The number of carbonyl (C=O) groups excluding carboxylic acids is 1. The summed E-state index contributed by atoms with van der Waals surface area (Å²) in [5, 5.41) is 6.47. The Kier molecular flexibility index (Phi) is 4.33. The van der Waals surface area contributed by atoms with E-state index in [9.17, 15) is 4.79 Å². The summed E-state index contributed by atoms with van der Waals surface area (Å²) < 4.78 is 0. The van der Waals surface area contributed by atoms with Crippen LogP contribution >= 0.6 is 22.9 Å². The van der Waals surface area contributed by atoms with Gasteiger partial charge in [-0.1, -0.05) is 17.7 Å². The van der Waals surface area contributed by atoms with Gasteiger partial charge in [0.2, 0.25) is 0 Å². The predicted octanol–water partition coefficient (Wildman–Crippen LogP) is 3.08. The molecular formula is C13H13ClN2OS. The maximum absolute atomic E-state index is 11.8. The van der Waals surface area contributed by atoms with Crippen molar-refractivity contribution >= 4 is 28.8 Å². The summed E-state index contributed by atoms with van der Waals surface area (Å²) in [4.78, 5) is 16.1. The van der Waals surface area contributed by atoms with E-state index in [4.69, 9.17) is 11.6 Å². The molecule has 0 atom stereocenters. The lowest BCUT2D eigenvalue weighted by atomic mass is 10.2. The van der Waals surface area contributed by atoms with Gasteiger partial charge in [-0.25, -0.2) is 4.98 Å². The Morgan fingerprint density at radius 2 is 2.33 bits per heavy atom. The monoisotopic (exact) mass is 280 g/mol. The minimum atomic E-state index is -0.106. The molecule has 0 saturated carbocycles. The van der Waals surface area contributed by atoms with Crippen molar-refractivity contribution < 1.29 is 4.79 Å². The Bertz CT molecular complexity index is 553. The Morgan fingerprint density at radius 1 is 1.50 bits per heavy atom. The highest BCUT2D eigenvalue weighted by molar-refractivity contribution is 7.09. The zero-order valence-corrected chi connectivity index (χ0v) is 11.5. The number of carbonyl (C=O) groups is 1. The third-order valence-corrected chi connectivity index (χ3v) is 3.64. The third-order valence-electron chi connectivity index (χ3n) is 2.38. The summed E-state index contributed by atoms with van der Waals surface area (Å²) in [6.07, 6.45) is 0.755. The number of halogens is 1. The highest BCUT2D eigenvalue weighted by atomic mass is 35.5. The van der Waals surface area contributed by atoms with E-state index >= 15 is 0 Å². The van der Waals surface area contributed by atoms with Crippen LogP contribution in [0.1, 0.15) is 21.1 Å². The molecule has 94 valence electrons. The molecule has 1 amide bonds. The minimum absolute atomic E-state index is 0.106. The zero-order chi connectivity index (χ0) is 13.0. The van der Waals surface area contributed by atoms with Gasteiger partial charge in [0.15, 0.2) is 0 Å². The molecule has 0 unspecified atom stereocenters. The number of nitrogens with zero attached hydrogens (tertiary/aromatic N) is 1. The van der Waals surface area contributed by atoms with Gasteiger partial charge in [0.1, 0.15) is 0 Å². The van der Waals surface area contributed by atoms with Gasteiger partial charge in [-0.2, -0.15) is 0 Å². The van der Waals surface area contributed by atoms with Gasteiger partial charge in [-0.05, 0) is 25.1 Å². The fraction of sp³-hybridized carbons (Fsp3) is 0.231. The Balaban J connectivity index is 1.85. The van der Waals surface area contributed by atoms with Crippen LogP contribution in [0.2, 0.25) is 5.02 Å². The van der Waals surface area contributed by atoms with Gasteiger partial charge in [-0.3, -0.25) is 4.79 Å². The van der Waals surface area contributed by atoms with Crippen LogP contribution in [-0.4, -0.2) is 17.4 Å². The SMILES string of the molecule is Cc1csc(CCNC(=O)c2cccc(Cl)c2)n1. The van der Waals surface area contributed by atoms with Crippen molar-refractivity contribution in [3.8, 4) is 0 Å². The molecule has 1 heterocycles. The average molecular weight is 281 g/mol. The van der Waals surface area contributed by atoms with Gasteiger partial charge >= 0.3 is 0 Å². The maximum atomic E-state index is 11.8. The van der Waals surface area contributed by atoms with Crippen molar-refractivity contribution in [3.63, 3.8) is 0 Å². The van der Waals surface area contributed by atoms with E-state index in [-0.39, 0.29) is 5.91 Å². The Hall–Kier alpha value is -1.39. The number of thiazole rings is 1. The summed E-state index contributed by atoms with van der Waals surface area (Å²) in [7, 11) is 0. The topological polar surface area (TPSA) is 42.0 Å². The maximum Gasteiger partial charge on any atom is 0.251 e. The van der Waals surface area contributed by atoms with Crippen LogP contribution in [0.15, 0.2) is 29.6 Å². The van der Waals surface area contributed by atoms with E-state index in [2.05, 4.69) is 10.3 Å². The molecule has 0 bridgehead atoms. The number of nitrogens with one attached hydrogen (secondary N) is 1. The first kappa shape index (κ1) is 13.1. The van der Waals surface area contributed by atoms with Crippen molar-refractivity contribution in [2.75, 3.05) is 6.54 Å². The first-order valence-corrected chi connectivity index (χ1v) is 6.85. The minimum Gasteiger partial charge on any atom is -0.352 e. The highest BCUT2D eigenvalue weighted by Crippen LogP contribution is 2.11. The zero-order valence-electron chi connectivity index (χ0n) is 9.94. The van der Waals surface area contributed by atoms with E-state index in [1.54, 1.807) is 35.6 Å². The Labute approximate surface area is 115 Å². The Morgan fingerprint density at radius 3 is 3.00 bits per heavy atom. The van der Waals surface area contributed by atoms with Gasteiger partial charge in [0.25, 0.3) is 5.91 Å². The normalized spacial score (nSPS) is 10.3. The van der Waals surface area contributed by atoms with Crippen LogP contribution in [-0.2, 0) is 6.42 Å². The number of amides is 1. The van der Waals surface area contributed by atoms with E-state index < -0.39 is 0 Å². The van der Waals surface area contributed by atoms with Gasteiger partial charge in [0.05, 0.1) is 5.01 Å².